The van der Waals surface area contributed by atoms with E-state index in [1.807, 2.05) is 0 Å². The summed E-state index contributed by atoms with van der Waals surface area (Å²) < 4.78 is 5.48. The van der Waals surface area contributed by atoms with Crippen molar-refractivity contribution in [3.8, 4) is 0 Å². The summed E-state index contributed by atoms with van der Waals surface area (Å²) in [6.07, 6.45) is 0.373. The molecule has 1 aliphatic heterocycles. The average Bonchev–Trinajstić information content (AvgIpc) is 1.98. The van der Waals surface area contributed by atoms with Crippen LogP contribution in [0.3, 0.4) is 0 Å². The molecule has 1 fully saturated rings. The van der Waals surface area contributed by atoms with Crippen LogP contribution in [0.1, 0.15) is 13.8 Å². The van der Waals surface area contributed by atoms with Crippen molar-refractivity contribution in [1.82, 2.24) is 4.90 Å². The molecule has 82 valence electrons. The third kappa shape index (κ3) is 5.03. The molecule has 0 amide bonds. The maximum Gasteiger partial charge on any atom is 0.0674 e. The van der Waals surface area contributed by atoms with Gasteiger partial charge in [-0.3, -0.25) is 4.90 Å². The van der Waals surface area contributed by atoms with E-state index < -0.39 is 0 Å². The van der Waals surface area contributed by atoms with Crippen molar-refractivity contribution >= 4 is 24.8 Å². The van der Waals surface area contributed by atoms with Crippen molar-refractivity contribution in [3.05, 3.63) is 0 Å². The maximum atomic E-state index is 5.48. The minimum Gasteiger partial charge on any atom is -0.376 e. The molecule has 5 heteroatoms. The van der Waals surface area contributed by atoms with Gasteiger partial charge in [0, 0.05) is 25.7 Å². The van der Waals surface area contributed by atoms with E-state index in [-0.39, 0.29) is 24.8 Å². The van der Waals surface area contributed by atoms with E-state index in [2.05, 4.69) is 18.7 Å². The summed E-state index contributed by atoms with van der Waals surface area (Å²) in [6, 6.07) is 0.537. The molecule has 0 aromatic heterocycles. The molecule has 0 bridgehead atoms. The molecule has 1 heterocycles. The molecule has 1 aliphatic rings. The molecule has 2 atom stereocenters. The van der Waals surface area contributed by atoms with Gasteiger partial charge in [0.15, 0.2) is 0 Å². The van der Waals surface area contributed by atoms with Crippen LogP contribution in [0, 0.1) is 0 Å². The lowest BCUT2D eigenvalue weighted by atomic mass is 10.2. The second-order valence-corrected chi connectivity index (χ2v) is 3.28. The molecule has 0 radical (unpaired) electrons. The minimum atomic E-state index is 0. The smallest absolute Gasteiger partial charge is 0.0674 e. The van der Waals surface area contributed by atoms with Crippen molar-refractivity contribution in [3.63, 3.8) is 0 Å². The van der Waals surface area contributed by atoms with Crippen molar-refractivity contribution in [2.24, 2.45) is 5.73 Å². The number of nitrogens with two attached hydrogens (primary N) is 1. The Balaban J connectivity index is 0. The highest BCUT2D eigenvalue weighted by molar-refractivity contribution is 5.85. The molecule has 0 aromatic rings. The Bertz CT molecular complexity index is 127. The Morgan fingerprint density at radius 2 is 2.00 bits per heavy atom. The molecular formula is C8H20Cl2N2O. The average molecular weight is 231 g/mol. The van der Waals surface area contributed by atoms with Gasteiger partial charge >= 0.3 is 0 Å². The van der Waals surface area contributed by atoms with Crippen LogP contribution in [0.15, 0.2) is 0 Å². The lowest BCUT2D eigenvalue weighted by molar-refractivity contribution is -0.0479. The Labute approximate surface area is 92.8 Å². The van der Waals surface area contributed by atoms with Crippen LogP contribution in [0.5, 0.6) is 0 Å². The standard InChI is InChI=1S/C8H18N2O.2ClH/c1-7-6-11-8(2)5-10(7)4-3-9;;/h7-8H,3-6,9H2,1-2H3;2*1H. The lowest BCUT2D eigenvalue weighted by Crippen LogP contribution is -2.48. The molecule has 3 nitrogen and oxygen atoms in total. The number of hydrogen-bond acceptors (Lipinski definition) is 3. The number of hydrogen-bond donors (Lipinski definition) is 1. The molecular weight excluding hydrogens is 211 g/mol. The van der Waals surface area contributed by atoms with Gasteiger partial charge in [-0.2, -0.15) is 0 Å². The van der Waals surface area contributed by atoms with Gasteiger partial charge in [-0.1, -0.05) is 0 Å². The summed E-state index contributed by atoms with van der Waals surface area (Å²) in [7, 11) is 0. The highest BCUT2D eigenvalue weighted by atomic mass is 35.5. The summed E-state index contributed by atoms with van der Waals surface area (Å²) in [6.45, 7) is 7.91. The summed E-state index contributed by atoms with van der Waals surface area (Å²) in [4.78, 5) is 2.38. The molecule has 0 aliphatic carbocycles. The second-order valence-electron chi connectivity index (χ2n) is 3.28. The number of ether oxygens (including phenoxy) is 1. The van der Waals surface area contributed by atoms with Crippen LogP contribution >= 0.6 is 24.8 Å². The van der Waals surface area contributed by atoms with Crippen molar-refractivity contribution in [2.75, 3.05) is 26.2 Å². The predicted octanol–water partition coefficient (Wildman–Crippen LogP) is 0.898. The van der Waals surface area contributed by atoms with E-state index in [0.29, 0.717) is 12.1 Å². The van der Waals surface area contributed by atoms with Crippen molar-refractivity contribution in [1.29, 1.82) is 0 Å². The molecule has 1 saturated heterocycles. The van der Waals surface area contributed by atoms with Gasteiger partial charge < -0.3 is 10.5 Å². The van der Waals surface area contributed by atoms with Crippen LogP contribution in [0.4, 0.5) is 0 Å². The summed E-state index contributed by atoms with van der Waals surface area (Å²) in [5.74, 6) is 0. The van der Waals surface area contributed by atoms with E-state index in [1.54, 1.807) is 0 Å². The van der Waals surface area contributed by atoms with Crippen LogP contribution in [0.25, 0.3) is 0 Å². The lowest BCUT2D eigenvalue weighted by Gasteiger charge is -2.36. The SMILES string of the molecule is CC1CN(CCN)C(C)CO1.Cl.Cl. The third-order valence-corrected chi connectivity index (χ3v) is 2.15. The quantitative estimate of drug-likeness (QED) is 0.767. The number of halogens is 2. The highest BCUT2D eigenvalue weighted by Crippen LogP contribution is 2.09. The van der Waals surface area contributed by atoms with Gasteiger partial charge in [-0.15, -0.1) is 24.8 Å². The van der Waals surface area contributed by atoms with E-state index in [9.17, 15) is 0 Å². The Morgan fingerprint density at radius 3 is 2.54 bits per heavy atom. The molecule has 1 rings (SSSR count). The number of nitrogens with zero attached hydrogens (tertiary/aromatic N) is 1. The van der Waals surface area contributed by atoms with E-state index in [0.717, 1.165) is 26.2 Å². The zero-order valence-electron chi connectivity index (χ0n) is 8.23. The maximum absolute atomic E-state index is 5.48. The Morgan fingerprint density at radius 1 is 1.38 bits per heavy atom. The summed E-state index contributed by atoms with van der Waals surface area (Å²) >= 11 is 0. The Hall–Kier alpha value is 0.460. The zero-order chi connectivity index (χ0) is 8.27. The van der Waals surface area contributed by atoms with Gasteiger partial charge in [0.1, 0.15) is 0 Å². The molecule has 2 unspecified atom stereocenters. The van der Waals surface area contributed by atoms with Gasteiger partial charge in [0.25, 0.3) is 0 Å². The van der Waals surface area contributed by atoms with Crippen LogP contribution < -0.4 is 5.73 Å². The first kappa shape index (κ1) is 15.9. The molecule has 0 aromatic carbocycles. The second kappa shape index (κ2) is 7.83. The van der Waals surface area contributed by atoms with Gasteiger partial charge in [0.05, 0.1) is 12.7 Å². The normalized spacial score (nSPS) is 28.8. The molecule has 13 heavy (non-hydrogen) atoms. The molecule has 0 saturated carbocycles. The van der Waals surface area contributed by atoms with Gasteiger partial charge in [-0.25, -0.2) is 0 Å². The van der Waals surface area contributed by atoms with Gasteiger partial charge in [0.2, 0.25) is 0 Å². The first-order valence-corrected chi connectivity index (χ1v) is 4.29. The largest absolute Gasteiger partial charge is 0.376 e. The molecule has 0 spiro atoms. The minimum absolute atomic E-state index is 0. The summed E-state index contributed by atoms with van der Waals surface area (Å²) in [5.41, 5.74) is 5.48. The first-order chi connectivity index (χ1) is 5.24. The molecule has 2 N–H and O–H groups in total. The third-order valence-electron chi connectivity index (χ3n) is 2.15. The van der Waals surface area contributed by atoms with Crippen molar-refractivity contribution < 1.29 is 4.74 Å². The van der Waals surface area contributed by atoms with Crippen LogP contribution in [-0.4, -0.2) is 43.3 Å². The fourth-order valence-electron chi connectivity index (χ4n) is 1.45. The highest BCUT2D eigenvalue weighted by Gasteiger charge is 2.21. The zero-order valence-corrected chi connectivity index (χ0v) is 9.87. The fourth-order valence-corrected chi connectivity index (χ4v) is 1.45. The van der Waals surface area contributed by atoms with E-state index in [4.69, 9.17) is 10.5 Å². The van der Waals surface area contributed by atoms with Crippen LogP contribution in [0.2, 0.25) is 0 Å². The van der Waals surface area contributed by atoms with E-state index >= 15 is 0 Å². The fraction of sp³-hybridized carbons (Fsp3) is 1.00. The van der Waals surface area contributed by atoms with Gasteiger partial charge in [-0.05, 0) is 13.8 Å². The van der Waals surface area contributed by atoms with Crippen molar-refractivity contribution in [2.45, 2.75) is 26.0 Å². The summed E-state index contributed by atoms with van der Waals surface area (Å²) in [5, 5.41) is 0. The Kier molecular flexibility index (Phi) is 9.58. The monoisotopic (exact) mass is 230 g/mol. The van der Waals surface area contributed by atoms with Crippen LogP contribution in [-0.2, 0) is 4.74 Å². The topological polar surface area (TPSA) is 38.5 Å². The first-order valence-electron chi connectivity index (χ1n) is 4.29. The number of rotatable bonds is 2. The predicted molar refractivity (Wildman–Crippen MR) is 60.0 cm³/mol. The number of morpholine rings is 1. The van der Waals surface area contributed by atoms with E-state index in [1.165, 1.54) is 0 Å².